The molecule has 0 aromatic heterocycles. The highest BCUT2D eigenvalue weighted by Gasteiger charge is 2.27. The van der Waals surface area contributed by atoms with Gasteiger partial charge in [0, 0.05) is 10.7 Å². The molecule has 0 unspecified atom stereocenters. The van der Waals surface area contributed by atoms with Gasteiger partial charge in [-0.2, -0.15) is 5.26 Å². The van der Waals surface area contributed by atoms with Crippen molar-refractivity contribution >= 4 is 38.9 Å². The number of rotatable bonds is 7. The SMILES string of the molecule is N#CCc1ccc(NC(=O)CN(c2ccccc2)S(=O)(=O)c2ccc(Cl)cc2)cc1. The van der Waals surface area contributed by atoms with Gasteiger partial charge in [0.2, 0.25) is 5.91 Å². The van der Waals surface area contributed by atoms with Gasteiger partial charge in [-0.25, -0.2) is 8.42 Å². The number of hydrogen-bond acceptors (Lipinski definition) is 4. The van der Waals surface area contributed by atoms with Gasteiger partial charge < -0.3 is 5.32 Å². The van der Waals surface area contributed by atoms with Crippen molar-refractivity contribution in [1.29, 1.82) is 5.26 Å². The Balaban J connectivity index is 1.85. The van der Waals surface area contributed by atoms with E-state index in [9.17, 15) is 13.2 Å². The van der Waals surface area contributed by atoms with Gasteiger partial charge in [-0.1, -0.05) is 41.9 Å². The van der Waals surface area contributed by atoms with Crippen LogP contribution in [0.5, 0.6) is 0 Å². The van der Waals surface area contributed by atoms with E-state index in [1.807, 2.05) is 0 Å². The molecule has 3 aromatic carbocycles. The van der Waals surface area contributed by atoms with Crippen molar-refractivity contribution in [2.24, 2.45) is 0 Å². The van der Waals surface area contributed by atoms with Crippen molar-refractivity contribution < 1.29 is 13.2 Å². The molecular weight excluding hydrogens is 422 g/mol. The second kappa shape index (κ2) is 9.44. The van der Waals surface area contributed by atoms with Crippen LogP contribution in [0.3, 0.4) is 0 Å². The fourth-order valence-electron chi connectivity index (χ4n) is 2.77. The number of carbonyl (C=O) groups excluding carboxylic acids is 1. The van der Waals surface area contributed by atoms with Crippen molar-refractivity contribution in [2.75, 3.05) is 16.2 Å². The largest absolute Gasteiger partial charge is 0.325 e. The highest BCUT2D eigenvalue weighted by molar-refractivity contribution is 7.92. The summed E-state index contributed by atoms with van der Waals surface area (Å²) < 4.78 is 27.5. The Morgan fingerprint density at radius 2 is 1.60 bits per heavy atom. The number of anilines is 2. The van der Waals surface area contributed by atoms with Crippen molar-refractivity contribution in [2.45, 2.75) is 11.3 Å². The fourth-order valence-corrected chi connectivity index (χ4v) is 4.32. The maximum absolute atomic E-state index is 13.2. The van der Waals surface area contributed by atoms with Crippen molar-refractivity contribution in [1.82, 2.24) is 0 Å². The molecule has 0 saturated heterocycles. The maximum Gasteiger partial charge on any atom is 0.264 e. The Labute approximate surface area is 180 Å². The summed E-state index contributed by atoms with van der Waals surface area (Å²) >= 11 is 5.87. The highest BCUT2D eigenvalue weighted by Crippen LogP contribution is 2.24. The predicted octanol–water partition coefficient (Wildman–Crippen LogP) is 4.24. The van der Waals surface area contributed by atoms with Crippen LogP contribution in [0.4, 0.5) is 11.4 Å². The van der Waals surface area contributed by atoms with Crippen LogP contribution >= 0.6 is 11.6 Å². The number of nitrogens with zero attached hydrogens (tertiary/aromatic N) is 2. The van der Waals surface area contributed by atoms with Crippen LogP contribution in [0, 0.1) is 11.3 Å². The molecule has 152 valence electrons. The molecule has 0 aliphatic carbocycles. The van der Waals surface area contributed by atoms with E-state index in [-0.39, 0.29) is 11.3 Å². The van der Waals surface area contributed by atoms with Crippen LogP contribution in [0.15, 0.2) is 83.8 Å². The Morgan fingerprint density at radius 3 is 2.20 bits per heavy atom. The Bertz CT molecular complexity index is 1160. The highest BCUT2D eigenvalue weighted by atomic mass is 35.5. The number of halogens is 1. The molecule has 0 radical (unpaired) electrons. The molecule has 3 rings (SSSR count). The summed E-state index contributed by atoms with van der Waals surface area (Å²) in [4.78, 5) is 12.7. The average molecular weight is 440 g/mol. The molecule has 6 nitrogen and oxygen atoms in total. The fraction of sp³-hybridized carbons (Fsp3) is 0.0909. The molecule has 0 aliphatic rings. The molecule has 1 N–H and O–H groups in total. The molecule has 0 fully saturated rings. The summed E-state index contributed by atoms with van der Waals surface area (Å²) in [6.07, 6.45) is 0.273. The summed E-state index contributed by atoms with van der Waals surface area (Å²) in [6.45, 7) is -0.408. The first kappa shape index (κ1) is 21.4. The molecule has 0 spiro atoms. The zero-order valence-corrected chi connectivity index (χ0v) is 17.4. The van der Waals surface area contributed by atoms with Gasteiger partial charge in [0.1, 0.15) is 6.54 Å². The third kappa shape index (κ3) is 5.17. The number of hydrogen-bond donors (Lipinski definition) is 1. The van der Waals surface area contributed by atoms with E-state index in [1.54, 1.807) is 54.6 Å². The van der Waals surface area contributed by atoms with Crippen LogP contribution in [0.1, 0.15) is 5.56 Å². The van der Waals surface area contributed by atoms with E-state index in [2.05, 4.69) is 11.4 Å². The minimum atomic E-state index is -3.99. The summed E-state index contributed by atoms with van der Waals surface area (Å²) in [5.41, 5.74) is 1.71. The van der Waals surface area contributed by atoms with Gasteiger partial charge in [0.05, 0.1) is 23.1 Å². The molecule has 8 heteroatoms. The first-order valence-electron chi connectivity index (χ1n) is 8.99. The predicted molar refractivity (Wildman–Crippen MR) is 117 cm³/mol. The van der Waals surface area contributed by atoms with Gasteiger partial charge in [0.15, 0.2) is 0 Å². The van der Waals surface area contributed by atoms with Crippen LogP contribution in [0.25, 0.3) is 0 Å². The topological polar surface area (TPSA) is 90.3 Å². The number of nitrogens with one attached hydrogen (secondary N) is 1. The molecular formula is C22H18ClN3O3S. The monoisotopic (exact) mass is 439 g/mol. The van der Waals surface area contributed by atoms with E-state index in [0.29, 0.717) is 16.4 Å². The normalized spacial score (nSPS) is 10.8. The van der Waals surface area contributed by atoms with Crippen molar-refractivity contribution in [3.05, 3.63) is 89.4 Å². The van der Waals surface area contributed by atoms with Gasteiger partial charge >= 0.3 is 0 Å². The number of sulfonamides is 1. The lowest BCUT2D eigenvalue weighted by Crippen LogP contribution is -2.38. The van der Waals surface area contributed by atoms with Gasteiger partial charge in [-0.05, 0) is 54.1 Å². The van der Waals surface area contributed by atoms with Gasteiger partial charge in [0.25, 0.3) is 10.0 Å². The standard InChI is InChI=1S/C22H18ClN3O3S/c23-18-8-12-21(13-9-18)30(28,29)26(20-4-2-1-3-5-20)16-22(27)25-19-10-6-17(7-11-19)14-15-24/h1-13H,14,16H2,(H,25,27). The van der Waals surface area contributed by atoms with Crippen molar-refractivity contribution in [3.8, 4) is 6.07 Å². The first-order valence-corrected chi connectivity index (χ1v) is 10.8. The minimum absolute atomic E-state index is 0.0319. The summed E-state index contributed by atoms with van der Waals surface area (Å²) in [5, 5.41) is 11.8. The second-order valence-corrected chi connectivity index (χ2v) is 8.68. The first-order chi connectivity index (χ1) is 14.4. The zero-order valence-electron chi connectivity index (χ0n) is 15.8. The number of carbonyl (C=O) groups is 1. The summed E-state index contributed by atoms with van der Waals surface area (Å²) in [7, 11) is -3.99. The number of amides is 1. The smallest absolute Gasteiger partial charge is 0.264 e. The number of nitriles is 1. The quantitative estimate of drug-likeness (QED) is 0.596. The van der Waals surface area contributed by atoms with Crippen LogP contribution in [-0.4, -0.2) is 20.9 Å². The third-order valence-corrected chi connectivity index (χ3v) is 6.29. The zero-order chi connectivity index (χ0) is 21.6. The minimum Gasteiger partial charge on any atom is -0.325 e. The molecule has 30 heavy (non-hydrogen) atoms. The van der Waals surface area contributed by atoms with Crippen LogP contribution in [0.2, 0.25) is 5.02 Å². The Hall–Kier alpha value is -3.34. The average Bonchev–Trinajstić information content (AvgIpc) is 2.74. The lowest BCUT2D eigenvalue weighted by molar-refractivity contribution is -0.114. The van der Waals surface area contributed by atoms with E-state index in [0.717, 1.165) is 9.87 Å². The molecule has 0 aliphatic heterocycles. The van der Waals surface area contributed by atoms with Gasteiger partial charge in [-0.3, -0.25) is 9.10 Å². The van der Waals surface area contributed by atoms with Gasteiger partial charge in [-0.15, -0.1) is 0 Å². The van der Waals surface area contributed by atoms with E-state index in [4.69, 9.17) is 16.9 Å². The molecule has 0 saturated carbocycles. The molecule has 3 aromatic rings. The van der Waals surface area contributed by atoms with E-state index in [1.165, 1.54) is 24.3 Å². The van der Waals surface area contributed by atoms with Crippen LogP contribution in [-0.2, 0) is 21.2 Å². The Kier molecular flexibility index (Phi) is 6.72. The van der Waals surface area contributed by atoms with E-state index >= 15 is 0 Å². The number of benzene rings is 3. The summed E-state index contributed by atoms with van der Waals surface area (Å²) in [6, 6.07) is 23.1. The van der Waals surface area contributed by atoms with Crippen molar-refractivity contribution in [3.63, 3.8) is 0 Å². The summed E-state index contributed by atoms with van der Waals surface area (Å²) in [5.74, 6) is -0.496. The third-order valence-electron chi connectivity index (χ3n) is 4.25. The van der Waals surface area contributed by atoms with E-state index < -0.39 is 22.5 Å². The molecule has 0 atom stereocenters. The lowest BCUT2D eigenvalue weighted by atomic mass is 10.1. The Morgan fingerprint density at radius 1 is 0.967 bits per heavy atom. The molecule has 0 heterocycles. The maximum atomic E-state index is 13.2. The lowest BCUT2D eigenvalue weighted by Gasteiger charge is -2.24. The molecule has 0 bridgehead atoms. The number of para-hydroxylation sites is 1. The molecule has 1 amide bonds. The van der Waals surface area contributed by atoms with Crippen LogP contribution < -0.4 is 9.62 Å². The second-order valence-electron chi connectivity index (χ2n) is 6.38.